The molecule has 3 aromatic carbocycles. The first-order valence-corrected chi connectivity index (χ1v) is 10.5. The molecule has 0 saturated heterocycles. The number of para-hydroxylation sites is 1. The molecule has 0 radical (unpaired) electrons. The number of nitrogens with one attached hydrogen (secondary N) is 2. The maximum Gasteiger partial charge on any atom is 0.284 e. The molecule has 28 heavy (non-hydrogen) atoms. The summed E-state index contributed by atoms with van der Waals surface area (Å²) in [4.78, 5) is 0.0928. The number of hydrogen-bond acceptors (Lipinski definition) is 3. The number of benzene rings is 3. The van der Waals surface area contributed by atoms with E-state index in [4.69, 9.17) is 23.8 Å². The summed E-state index contributed by atoms with van der Waals surface area (Å²) in [6.07, 6.45) is 0. The van der Waals surface area contributed by atoms with E-state index >= 15 is 0 Å². The predicted octanol–water partition coefficient (Wildman–Crippen LogP) is 4.46. The molecule has 0 spiro atoms. The maximum absolute atomic E-state index is 12.7. The van der Waals surface area contributed by atoms with Crippen molar-refractivity contribution in [2.45, 2.75) is 4.90 Å². The summed E-state index contributed by atoms with van der Waals surface area (Å²) in [5, 5.41) is 6.47. The first kappa shape index (κ1) is 20.0. The highest BCUT2D eigenvalue weighted by molar-refractivity contribution is 7.90. The Morgan fingerprint density at radius 3 is 2.07 bits per heavy atom. The van der Waals surface area contributed by atoms with E-state index in [0.29, 0.717) is 16.3 Å². The van der Waals surface area contributed by atoms with Crippen molar-refractivity contribution < 1.29 is 8.42 Å². The lowest BCUT2D eigenvalue weighted by Crippen LogP contribution is -2.35. The van der Waals surface area contributed by atoms with E-state index in [1.807, 2.05) is 12.1 Å². The Balaban J connectivity index is 1.92. The van der Waals surface area contributed by atoms with Gasteiger partial charge in [-0.3, -0.25) is 0 Å². The molecule has 142 valence electrons. The average Bonchev–Trinajstić information content (AvgIpc) is 2.70. The molecule has 0 aliphatic heterocycles. The number of anilines is 1. The fraction of sp³-hybridized carbons (Fsp3) is 0. The molecular weight excluding hydrogens is 414 g/mol. The number of nitrogens with zero attached hydrogens (tertiary/aromatic N) is 1. The summed E-state index contributed by atoms with van der Waals surface area (Å²) >= 11 is 11.5. The van der Waals surface area contributed by atoms with Crippen LogP contribution >= 0.6 is 23.8 Å². The number of halogens is 1. The van der Waals surface area contributed by atoms with E-state index in [1.54, 1.807) is 60.7 Å². The van der Waals surface area contributed by atoms with Gasteiger partial charge in [0.15, 0.2) is 10.9 Å². The van der Waals surface area contributed by atoms with Crippen LogP contribution in [0, 0.1) is 0 Å². The number of thiocarbonyl (C=S) groups is 1. The zero-order valence-electron chi connectivity index (χ0n) is 14.5. The molecule has 0 saturated carbocycles. The molecule has 2 N–H and O–H groups in total. The highest BCUT2D eigenvalue weighted by atomic mass is 35.5. The Labute approximate surface area is 174 Å². The van der Waals surface area contributed by atoms with Gasteiger partial charge >= 0.3 is 0 Å². The molecule has 3 rings (SSSR count). The molecule has 0 atom stereocenters. The van der Waals surface area contributed by atoms with Gasteiger partial charge in [-0.2, -0.15) is 8.42 Å². The molecule has 0 heterocycles. The highest BCUT2D eigenvalue weighted by Crippen LogP contribution is 2.20. The second kappa shape index (κ2) is 8.97. The Hall–Kier alpha value is -2.74. The van der Waals surface area contributed by atoms with Gasteiger partial charge in [0.25, 0.3) is 10.0 Å². The van der Waals surface area contributed by atoms with Crippen molar-refractivity contribution in [1.29, 1.82) is 0 Å². The standard InChI is InChI=1S/C20H16ClN3O2S2/c21-17-13-7-8-14-18(17)22-20(27)23-19(15-9-3-1-4-10-15)24-28(25,26)16-11-5-2-6-12-16/h1-14H,(H2,22,23,24,27). The third-order valence-corrected chi connectivity index (χ3v) is 5.48. The lowest BCUT2D eigenvalue weighted by atomic mass is 10.2. The largest absolute Gasteiger partial charge is 0.331 e. The Kier molecular flexibility index (Phi) is 6.41. The van der Waals surface area contributed by atoms with Crippen LogP contribution in [-0.2, 0) is 10.0 Å². The normalized spacial score (nSPS) is 11.7. The van der Waals surface area contributed by atoms with Crippen LogP contribution in [0.25, 0.3) is 0 Å². The Morgan fingerprint density at radius 2 is 1.43 bits per heavy atom. The Bertz CT molecular complexity index is 1100. The molecule has 5 nitrogen and oxygen atoms in total. The fourth-order valence-electron chi connectivity index (χ4n) is 2.33. The molecule has 0 aliphatic rings. The summed E-state index contributed by atoms with van der Waals surface area (Å²) in [5.74, 6) is 0.106. The zero-order chi connectivity index (χ0) is 20.0. The molecule has 0 bridgehead atoms. The van der Waals surface area contributed by atoms with Crippen LogP contribution in [0.4, 0.5) is 5.69 Å². The van der Waals surface area contributed by atoms with Gasteiger partial charge in [0.1, 0.15) is 0 Å². The highest BCUT2D eigenvalue weighted by Gasteiger charge is 2.16. The molecular formula is C20H16ClN3O2S2. The minimum absolute atomic E-state index is 0.0928. The number of hydrogen-bond donors (Lipinski definition) is 2. The Morgan fingerprint density at radius 1 is 0.857 bits per heavy atom. The van der Waals surface area contributed by atoms with Crippen LogP contribution in [0.1, 0.15) is 5.56 Å². The van der Waals surface area contributed by atoms with Gasteiger partial charge in [0.05, 0.1) is 15.6 Å². The van der Waals surface area contributed by atoms with Crippen molar-refractivity contribution in [3.8, 4) is 0 Å². The van der Waals surface area contributed by atoms with Crippen molar-refractivity contribution >= 4 is 50.5 Å². The molecule has 0 fully saturated rings. The summed E-state index contributed by atoms with van der Waals surface area (Å²) in [5.41, 5.74) is 1.17. The van der Waals surface area contributed by atoms with Crippen molar-refractivity contribution in [2.24, 2.45) is 4.40 Å². The van der Waals surface area contributed by atoms with E-state index in [9.17, 15) is 8.42 Å². The maximum atomic E-state index is 12.7. The SMILES string of the molecule is O=S(=O)(N=C(NC(=S)Nc1ccccc1Cl)c1ccccc1)c1ccccc1. The van der Waals surface area contributed by atoms with Crippen LogP contribution < -0.4 is 10.6 Å². The number of rotatable bonds is 4. The van der Waals surface area contributed by atoms with E-state index in [-0.39, 0.29) is 15.8 Å². The van der Waals surface area contributed by atoms with E-state index < -0.39 is 10.0 Å². The molecule has 0 aromatic heterocycles. The molecule has 0 amide bonds. The van der Waals surface area contributed by atoms with Crippen LogP contribution in [-0.4, -0.2) is 19.4 Å². The predicted molar refractivity (Wildman–Crippen MR) is 117 cm³/mol. The first-order valence-electron chi connectivity index (χ1n) is 8.24. The zero-order valence-corrected chi connectivity index (χ0v) is 16.9. The van der Waals surface area contributed by atoms with E-state index in [0.717, 1.165) is 0 Å². The van der Waals surface area contributed by atoms with Crippen LogP contribution in [0.15, 0.2) is 94.2 Å². The van der Waals surface area contributed by atoms with Gasteiger partial charge in [-0.15, -0.1) is 4.40 Å². The molecule has 0 aliphatic carbocycles. The van der Waals surface area contributed by atoms with Crippen LogP contribution in [0.3, 0.4) is 0 Å². The monoisotopic (exact) mass is 429 g/mol. The van der Waals surface area contributed by atoms with Gasteiger partial charge < -0.3 is 10.6 Å². The van der Waals surface area contributed by atoms with Crippen molar-refractivity contribution in [2.75, 3.05) is 5.32 Å². The minimum atomic E-state index is -3.92. The smallest absolute Gasteiger partial charge is 0.284 e. The summed E-state index contributed by atoms with van der Waals surface area (Å²) in [6.45, 7) is 0. The number of sulfonamides is 1. The number of amidine groups is 1. The summed E-state index contributed by atoms with van der Waals surface area (Å²) in [7, 11) is -3.92. The average molecular weight is 430 g/mol. The molecule has 0 unspecified atom stereocenters. The van der Waals surface area contributed by atoms with Crippen LogP contribution in [0.5, 0.6) is 0 Å². The third kappa shape index (κ3) is 5.16. The first-order chi connectivity index (χ1) is 13.5. The molecule has 8 heteroatoms. The van der Waals surface area contributed by atoms with Crippen molar-refractivity contribution in [1.82, 2.24) is 5.32 Å². The fourth-order valence-corrected chi connectivity index (χ4v) is 3.72. The van der Waals surface area contributed by atoms with Crippen molar-refractivity contribution in [3.05, 3.63) is 95.5 Å². The van der Waals surface area contributed by atoms with Gasteiger partial charge in [0, 0.05) is 5.56 Å². The van der Waals surface area contributed by atoms with E-state index in [1.165, 1.54) is 12.1 Å². The summed E-state index contributed by atoms with van der Waals surface area (Å²) in [6, 6.07) is 24.0. The van der Waals surface area contributed by atoms with Gasteiger partial charge in [-0.25, -0.2) is 0 Å². The second-order valence-electron chi connectivity index (χ2n) is 5.65. The molecule has 3 aromatic rings. The lowest BCUT2D eigenvalue weighted by molar-refractivity contribution is 0.598. The second-order valence-corrected chi connectivity index (χ2v) is 8.07. The lowest BCUT2D eigenvalue weighted by Gasteiger charge is -2.14. The quantitative estimate of drug-likeness (QED) is 0.364. The van der Waals surface area contributed by atoms with Gasteiger partial charge in [-0.05, 0) is 36.5 Å². The van der Waals surface area contributed by atoms with Crippen molar-refractivity contribution in [3.63, 3.8) is 0 Å². The van der Waals surface area contributed by atoms with E-state index in [2.05, 4.69) is 15.0 Å². The topological polar surface area (TPSA) is 70.6 Å². The minimum Gasteiger partial charge on any atom is -0.331 e. The van der Waals surface area contributed by atoms with Gasteiger partial charge in [-0.1, -0.05) is 72.3 Å². The third-order valence-electron chi connectivity index (χ3n) is 3.65. The van der Waals surface area contributed by atoms with Crippen LogP contribution in [0.2, 0.25) is 5.02 Å². The summed E-state index contributed by atoms with van der Waals surface area (Å²) < 4.78 is 29.4. The van der Waals surface area contributed by atoms with Gasteiger partial charge in [0.2, 0.25) is 0 Å².